The van der Waals surface area contributed by atoms with E-state index in [0.717, 1.165) is 6.42 Å². The van der Waals surface area contributed by atoms with E-state index in [2.05, 4.69) is 15.3 Å². The summed E-state index contributed by atoms with van der Waals surface area (Å²) in [6.07, 6.45) is 3.89. The van der Waals surface area contributed by atoms with Crippen molar-refractivity contribution in [2.45, 2.75) is 13.3 Å². The van der Waals surface area contributed by atoms with Crippen LogP contribution in [0.3, 0.4) is 0 Å². The van der Waals surface area contributed by atoms with E-state index in [1.807, 2.05) is 6.92 Å². The fraction of sp³-hybridized carbons (Fsp3) is 0.333. The molecule has 0 radical (unpaired) electrons. The summed E-state index contributed by atoms with van der Waals surface area (Å²) in [5.74, 6) is 0.0470. The third-order valence-corrected chi connectivity index (χ3v) is 4.20. The number of urea groups is 1. The van der Waals surface area contributed by atoms with Gasteiger partial charge in [-0.2, -0.15) is 0 Å². The number of aromatic nitrogens is 2. The van der Waals surface area contributed by atoms with E-state index in [1.54, 1.807) is 28.3 Å². The number of nitrogens with zero attached hydrogens (tertiary/aromatic N) is 4. The molecular formula is C18H20FN5O2. The zero-order chi connectivity index (χ0) is 18.5. The predicted molar refractivity (Wildman–Crippen MR) is 94.3 cm³/mol. The molecule has 3 rings (SSSR count). The molecule has 0 unspecified atom stereocenters. The van der Waals surface area contributed by atoms with Crippen molar-refractivity contribution in [2.75, 3.05) is 31.5 Å². The molecule has 1 N–H and O–H groups in total. The number of halogens is 1. The van der Waals surface area contributed by atoms with Gasteiger partial charge in [0.15, 0.2) is 0 Å². The van der Waals surface area contributed by atoms with E-state index in [4.69, 9.17) is 0 Å². The Morgan fingerprint density at radius 2 is 1.77 bits per heavy atom. The number of benzene rings is 1. The van der Waals surface area contributed by atoms with Crippen molar-refractivity contribution in [1.82, 2.24) is 19.8 Å². The Kier molecular flexibility index (Phi) is 5.40. The first-order chi connectivity index (χ1) is 12.6. The number of piperazine rings is 1. The van der Waals surface area contributed by atoms with Gasteiger partial charge in [-0.1, -0.05) is 13.0 Å². The molecule has 0 bridgehead atoms. The summed E-state index contributed by atoms with van der Waals surface area (Å²) in [5.41, 5.74) is 0.849. The lowest BCUT2D eigenvalue weighted by Gasteiger charge is -2.34. The molecule has 1 aromatic carbocycles. The van der Waals surface area contributed by atoms with Crippen LogP contribution in [-0.2, 0) is 6.42 Å². The molecule has 1 saturated heterocycles. The number of rotatable bonds is 3. The third-order valence-electron chi connectivity index (χ3n) is 4.20. The van der Waals surface area contributed by atoms with Gasteiger partial charge in [0.25, 0.3) is 5.91 Å². The molecule has 1 aromatic heterocycles. The summed E-state index contributed by atoms with van der Waals surface area (Å²) in [5, 5.41) is 2.76. The van der Waals surface area contributed by atoms with Crippen LogP contribution >= 0.6 is 0 Å². The molecule has 26 heavy (non-hydrogen) atoms. The van der Waals surface area contributed by atoms with Crippen LogP contribution < -0.4 is 5.32 Å². The minimum absolute atomic E-state index is 0.229. The number of anilines is 1. The Balaban J connectivity index is 1.54. The Bertz CT molecular complexity index is 788. The average molecular weight is 357 g/mol. The summed E-state index contributed by atoms with van der Waals surface area (Å²) in [7, 11) is 0. The topological polar surface area (TPSA) is 78.4 Å². The minimum atomic E-state index is -0.440. The van der Waals surface area contributed by atoms with Gasteiger partial charge >= 0.3 is 6.03 Å². The van der Waals surface area contributed by atoms with Crippen LogP contribution in [0.15, 0.2) is 36.7 Å². The van der Waals surface area contributed by atoms with Gasteiger partial charge in [-0.05, 0) is 18.2 Å². The first kappa shape index (κ1) is 17.8. The molecule has 136 valence electrons. The zero-order valence-electron chi connectivity index (χ0n) is 14.5. The molecule has 8 heteroatoms. The van der Waals surface area contributed by atoms with Crippen LogP contribution in [0.2, 0.25) is 0 Å². The molecule has 0 atom stereocenters. The van der Waals surface area contributed by atoms with Gasteiger partial charge in [0.05, 0.1) is 18.1 Å². The maximum Gasteiger partial charge on any atom is 0.322 e. The summed E-state index contributed by atoms with van der Waals surface area (Å²) in [6.45, 7) is 3.56. The second kappa shape index (κ2) is 7.90. The Hall–Kier alpha value is -3.03. The van der Waals surface area contributed by atoms with Crippen LogP contribution in [-0.4, -0.2) is 57.9 Å². The van der Waals surface area contributed by atoms with Gasteiger partial charge in [0, 0.05) is 38.2 Å². The summed E-state index contributed by atoms with van der Waals surface area (Å²) >= 11 is 0. The van der Waals surface area contributed by atoms with Crippen molar-refractivity contribution in [2.24, 2.45) is 0 Å². The Labute approximate surface area is 150 Å². The summed E-state index contributed by atoms with van der Waals surface area (Å²) < 4.78 is 13.3. The lowest BCUT2D eigenvalue weighted by molar-refractivity contribution is 0.0671. The minimum Gasteiger partial charge on any atom is -0.335 e. The van der Waals surface area contributed by atoms with Crippen molar-refractivity contribution in [3.05, 3.63) is 53.9 Å². The van der Waals surface area contributed by atoms with Crippen LogP contribution in [0, 0.1) is 5.82 Å². The normalized spacial score (nSPS) is 14.2. The monoisotopic (exact) mass is 357 g/mol. The van der Waals surface area contributed by atoms with Crippen molar-refractivity contribution >= 4 is 17.6 Å². The van der Waals surface area contributed by atoms with Crippen molar-refractivity contribution in [1.29, 1.82) is 0 Å². The number of aryl methyl sites for hydroxylation is 1. The van der Waals surface area contributed by atoms with Gasteiger partial charge < -0.3 is 15.1 Å². The zero-order valence-corrected chi connectivity index (χ0v) is 14.5. The highest BCUT2D eigenvalue weighted by Gasteiger charge is 2.25. The van der Waals surface area contributed by atoms with Gasteiger partial charge in [-0.3, -0.25) is 4.79 Å². The van der Waals surface area contributed by atoms with E-state index in [1.165, 1.54) is 18.2 Å². The molecule has 0 aliphatic carbocycles. The number of hydrogen-bond donors (Lipinski definition) is 1. The molecule has 2 heterocycles. The van der Waals surface area contributed by atoms with Crippen LogP contribution in [0.4, 0.5) is 14.9 Å². The van der Waals surface area contributed by atoms with Gasteiger partial charge in [-0.25, -0.2) is 19.2 Å². The maximum absolute atomic E-state index is 13.3. The number of hydrogen-bond acceptors (Lipinski definition) is 4. The van der Waals surface area contributed by atoms with Crippen molar-refractivity contribution in [3.8, 4) is 0 Å². The first-order valence-corrected chi connectivity index (χ1v) is 8.48. The average Bonchev–Trinajstić information content (AvgIpc) is 2.68. The number of carbonyl (C=O) groups is 2. The number of amides is 3. The lowest BCUT2D eigenvalue weighted by Crippen LogP contribution is -2.51. The predicted octanol–water partition coefficient (Wildman–Crippen LogP) is 2.17. The second-order valence-electron chi connectivity index (χ2n) is 5.96. The standard InChI is InChI=1S/C18H20FN5O2/c1-2-16-20-11-15(12-21-16)22-18(26)24-8-6-23(7-9-24)17(25)13-4-3-5-14(19)10-13/h3-5,10-12H,2,6-9H2,1H3,(H,22,26). The molecule has 0 spiro atoms. The number of nitrogens with one attached hydrogen (secondary N) is 1. The van der Waals surface area contributed by atoms with Crippen LogP contribution in [0.1, 0.15) is 23.1 Å². The molecule has 7 nitrogen and oxygen atoms in total. The largest absolute Gasteiger partial charge is 0.335 e. The van der Waals surface area contributed by atoms with Gasteiger partial charge in [0.1, 0.15) is 11.6 Å². The van der Waals surface area contributed by atoms with Crippen molar-refractivity contribution < 1.29 is 14.0 Å². The third kappa shape index (κ3) is 4.14. The maximum atomic E-state index is 13.3. The SMILES string of the molecule is CCc1ncc(NC(=O)N2CCN(C(=O)c3cccc(F)c3)CC2)cn1. The fourth-order valence-electron chi connectivity index (χ4n) is 2.72. The van der Waals surface area contributed by atoms with Crippen molar-refractivity contribution in [3.63, 3.8) is 0 Å². The van der Waals surface area contributed by atoms with Crippen LogP contribution in [0.25, 0.3) is 0 Å². The van der Waals surface area contributed by atoms with E-state index in [-0.39, 0.29) is 11.9 Å². The second-order valence-corrected chi connectivity index (χ2v) is 5.96. The molecule has 0 saturated carbocycles. The van der Waals surface area contributed by atoms with Gasteiger partial charge in [0.2, 0.25) is 0 Å². The lowest BCUT2D eigenvalue weighted by atomic mass is 10.2. The van der Waals surface area contributed by atoms with Gasteiger partial charge in [-0.15, -0.1) is 0 Å². The molecule has 1 aliphatic rings. The smallest absolute Gasteiger partial charge is 0.322 e. The molecule has 1 aliphatic heterocycles. The van der Waals surface area contributed by atoms with E-state index in [0.29, 0.717) is 43.3 Å². The highest BCUT2D eigenvalue weighted by atomic mass is 19.1. The van der Waals surface area contributed by atoms with E-state index >= 15 is 0 Å². The number of carbonyl (C=O) groups excluding carboxylic acids is 2. The highest BCUT2D eigenvalue weighted by Crippen LogP contribution is 2.12. The summed E-state index contributed by atoms with van der Waals surface area (Å²) in [6, 6.07) is 5.37. The Morgan fingerprint density at radius 3 is 2.38 bits per heavy atom. The van der Waals surface area contributed by atoms with E-state index < -0.39 is 5.82 Å². The molecular weight excluding hydrogens is 337 g/mol. The highest BCUT2D eigenvalue weighted by molar-refractivity contribution is 5.94. The van der Waals surface area contributed by atoms with Crippen LogP contribution in [0.5, 0.6) is 0 Å². The molecule has 1 fully saturated rings. The first-order valence-electron chi connectivity index (χ1n) is 8.48. The molecule has 2 aromatic rings. The molecule has 3 amide bonds. The summed E-state index contributed by atoms with van der Waals surface area (Å²) in [4.78, 5) is 36.3. The Morgan fingerprint density at radius 1 is 1.12 bits per heavy atom. The van der Waals surface area contributed by atoms with E-state index in [9.17, 15) is 14.0 Å². The quantitative estimate of drug-likeness (QED) is 0.913. The fourth-order valence-corrected chi connectivity index (χ4v) is 2.72.